The van der Waals surface area contributed by atoms with E-state index in [1.165, 1.54) is 0 Å². The highest BCUT2D eigenvalue weighted by Gasteiger charge is 2.37. The smallest absolute Gasteiger partial charge is 0.379 e. The molecule has 1 unspecified atom stereocenters. The van der Waals surface area contributed by atoms with Crippen molar-refractivity contribution in [3.05, 3.63) is 46.1 Å². The van der Waals surface area contributed by atoms with Crippen LogP contribution in [0.1, 0.15) is 29.3 Å². The van der Waals surface area contributed by atoms with Gasteiger partial charge in [-0.25, -0.2) is 5.10 Å². The molecule has 1 saturated heterocycles. The van der Waals surface area contributed by atoms with Gasteiger partial charge in [0.1, 0.15) is 5.56 Å². The minimum atomic E-state index is -4.82. The van der Waals surface area contributed by atoms with Crippen molar-refractivity contribution in [3.8, 4) is 6.07 Å². The third-order valence-electron chi connectivity index (χ3n) is 4.96. The molecular formula is C19H22F3N7O2. The third kappa shape index (κ3) is 5.24. The summed E-state index contributed by atoms with van der Waals surface area (Å²) in [4.78, 5) is 26.1. The lowest BCUT2D eigenvalue weighted by molar-refractivity contribution is -0.138. The quantitative estimate of drug-likeness (QED) is 0.629. The Balaban J connectivity index is 1.69. The lowest BCUT2D eigenvalue weighted by Gasteiger charge is -2.34. The second kappa shape index (κ2) is 9.22. The highest BCUT2D eigenvalue weighted by molar-refractivity contribution is 5.94. The first-order valence-corrected chi connectivity index (χ1v) is 9.66. The van der Waals surface area contributed by atoms with Crippen molar-refractivity contribution in [3.63, 3.8) is 0 Å². The Morgan fingerprint density at radius 3 is 2.97 bits per heavy atom. The van der Waals surface area contributed by atoms with Crippen molar-refractivity contribution in [1.29, 1.82) is 5.26 Å². The molecule has 0 radical (unpaired) electrons. The summed E-state index contributed by atoms with van der Waals surface area (Å²) in [5, 5.41) is 20.0. The van der Waals surface area contributed by atoms with Gasteiger partial charge < -0.3 is 20.1 Å². The number of aromatic nitrogens is 3. The van der Waals surface area contributed by atoms with Gasteiger partial charge in [-0.15, -0.1) is 0 Å². The predicted octanol–water partition coefficient (Wildman–Crippen LogP) is 1.42. The van der Waals surface area contributed by atoms with E-state index in [9.17, 15) is 22.8 Å². The summed E-state index contributed by atoms with van der Waals surface area (Å²) in [6.07, 6.45) is -0.396. The molecule has 2 aromatic rings. The summed E-state index contributed by atoms with van der Waals surface area (Å²) < 4.78 is 41.2. The zero-order valence-corrected chi connectivity index (χ0v) is 16.7. The van der Waals surface area contributed by atoms with E-state index in [0.717, 1.165) is 6.20 Å². The average molecular weight is 437 g/mol. The fraction of sp³-hybridized carbons (Fsp3) is 0.474. The van der Waals surface area contributed by atoms with E-state index in [1.54, 1.807) is 39.9 Å². The summed E-state index contributed by atoms with van der Waals surface area (Å²) in [7, 11) is 0. The Morgan fingerprint density at radius 2 is 2.26 bits per heavy atom. The molecule has 1 aliphatic rings. The number of rotatable bonds is 6. The standard InChI is InChI=1S/C19H22F3N7O2/c1-12(26-15-9-25-27-17(30)16(15)19(20,21)22)10-28-6-3-13(11-28)18(31)29-7-5-24-8-14(29)2-4-23/h3,6,9,11-12,14,24H,2,5,7-8,10H2,1H3,(H2,26,27,30)/t12?,14-/m0/s1. The molecule has 0 spiro atoms. The van der Waals surface area contributed by atoms with Crippen molar-refractivity contribution in [2.75, 3.05) is 25.0 Å². The molecule has 31 heavy (non-hydrogen) atoms. The summed E-state index contributed by atoms with van der Waals surface area (Å²) in [5.74, 6) is -0.195. The molecule has 2 aromatic heterocycles. The summed E-state index contributed by atoms with van der Waals surface area (Å²) >= 11 is 0. The van der Waals surface area contributed by atoms with Gasteiger partial charge in [-0.1, -0.05) is 0 Å². The van der Waals surface area contributed by atoms with Crippen LogP contribution in [0.4, 0.5) is 18.9 Å². The number of H-pyrrole nitrogens is 1. The number of anilines is 1. The third-order valence-corrected chi connectivity index (χ3v) is 4.96. The lowest BCUT2D eigenvalue weighted by Crippen LogP contribution is -2.53. The predicted molar refractivity (Wildman–Crippen MR) is 105 cm³/mol. The van der Waals surface area contributed by atoms with Crippen molar-refractivity contribution >= 4 is 11.6 Å². The number of carbonyl (C=O) groups is 1. The van der Waals surface area contributed by atoms with Gasteiger partial charge in [0.15, 0.2) is 0 Å². The van der Waals surface area contributed by atoms with Crippen LogP contribution < -0.4 is 16.2 Å². The van der Waals surface area contributed by atoms with E-state index in [2.05, 4.69) is 21.8 Å². The van der Waals surface area contributed by atoms with E-state index >= 15 is 0 Å². The summed E-state index contributed by atoms with van der Waals surface area (Å²) in [6.45, 7) is 3.58. The van der Waals surface area contributed by atoms with Crippen molar-refractivity contribution in [2.24, 2.45) is 0 Å². The van der Waals surface area contributed by atoms with Gasteiger partial charge in [-0.3, -0.25) is 9.59 Å². The van der Waals surface area contributed by atoms with E-state index in [-0.39, 0.29) is 24.9 Å². The number of halogens is 3. The van der Waals surface area contributed by atoms with Crippen molar-refractivity contribution < 1.29 is 18.0 Å². The first-order valence-electron chi connectivity index (χ1n) is 9.66. The van der Waals surface area contributed by atoms with Crippen LogP contribution in [0.2, 0.25) is 0 Å². The van der Waals surface area contributed by atoms with E-state index in [4.69, 9.17) is 5.26 Å². The molecule has 2 atom stereocenters. The van der Waals surface area contributed by atoms with E-state index in [0.29, 0.717) is 25.2 Å². The fourth-order valence-corrected chi connectivity index (χ4v) is 3.58. The Hall–Kier alpha value is -3.33. The molecule has 3 N–H and O–H groups in total. The molecule has 0 aromatic carbocycles. The van der Waals surface area contributed by atoms with Crippen molar-refractivity contribution in [1.82, 2.24) is 25.0 Å². The zero-order valence-electron chi connectivity index (χ0n) is 16.7. The minimum Gasteiger partial charge on any atom is -0.379 e. The Bertz CT molecular complexity index is 1020. The molecule has 166 valence electrons. The lowest BCUT2D eigenvalue weighted by atomic mass is 10.1. The molecule has 1 aliphatic heterocycles. The normalized spacial score (nSPS) is 17.8. The fourth-order valence-electron chi connectivity index (χ4n) is 3.58. The molecule has 0 bridgehead atoms. The van der Waals surface area contributed by atoms with Crippen LogP contribution >= 0.6 is 0 Å². The number of amides is 1. The topological polar surface area (TPSA) is 119 Å². The first-order chi connectivity index (χ1) is 14.7. The largest absolute Gasteiger partial charge is 0.423 e. The van der Waals surface area contributed by atoms with Gasteiger partial charge in [0.05, 0.1) is 36.0 Å². The molecule has 12 heteroatoms. The van der Waals surface area contributed by atoms with Gasteiger partial charge >= 0.3 is 6.18 Å². The van der Waals surface area contributed by atoms with Gasteiger partial charge in [-0.05, 0) is 13.0 Å². The molecule has 0 aliphatic carbocycles. The molecule has 3 heterocycles. The number of hydrogen-bond donors (Lipinski definition) is 3. The van der Waals surface area contributed by atoms with Crippen LogP contribution in [-0.2, 0) is 12.7 Å². The Labute approximate surface area is 175 Å². The number of carbonyl (C=O) groups excluding carboxylic acids is 1. The van der Waals surface area contributed by atoms with Crippen LogP contribution in [0.3, 0.4) is 0 Å². The molecular weight excluding hydrogens is 415 g/mol. The highest BCUT2D eigenvalue weighted by atomic mass is 19.4. The van der Waals surface area contributed by atoms with E-state index in [1.807, 2.05) is 0 Å². The van der Waals surface area contributed by atoms with Crippen LogP contribution in [0, 0.1) is 11.3 Å². The number of nitriles is 1. The maximum atomic E-state index is 13.2. The second-order valence-electron chi connectivity index (χ2n) is 7.35. The Morgan fingerprint density at radius 1 is 1.48 bits per heavy atom. The first kappa shape index (κ1) is 22.4. The van der Waals surface area contributed by atoms with Crippen molar-refractivity contribution in [2.45, 2.75) is 38.1 Å². The molecule has 3 rings (SSSR count). The highest BCUT2D eigenvalue weighted by Crippen LogP contribution is 2.31. The van der Waals surface area contributed by atoms with Crippen LogP contribution in [-0.4, -0.2) is 57.3 Å². The number of hydrogen-bond acceptors (Lipinski definition) is 6. The number of aromatic amines is 1. The maximum absolute atomic E-state index is 13.2. The minimum absolute atomic E-state index is 0.195. The number of nitrogens with one attached hydrogen (secondary N) is 3. The number of piperazine rings is 1. The van der Waals surface area contributed by atoms with Gasteiger partial charge in [-0.2, -0.15) is 23.5 Å². The second-order valence-corrected chi connectivity index (χ2v) is 7.35. The van der Waals surface area contributed by atoms with Gasteiger partial charge in [0.25, 0.3) is 11.5 Å². The number of nitrogens with zero attached hydrogens (tertiary/aromatic N) is 4. The Kier molecular flexibility index (Phi) is 6.65. The maximum Gasteiger partial charge on any atom is 0.423 e. The van der Waals surface area contributed by atoms with Crippen LogP contribution in [0.5, 0.6) is 0 Å². The molecule has 1 amide bonds. The molecule has 1 fully saturated rings. The SMILES string of the molecule is CC(Cn1ccc(C(=O)N2CCNC[C@@H]2CC#N)c1)Nc1cn[nH]c(=O)c1C(F)(F)F. The van der Waals surface area contributed by atoms with Crippen LogP contribution in [0.25, 0.3) is 0 Å². The average Bonchev–Trinajstić information content (AvgIpc) is 3.15. The van der Waals surface area contributed by atoms with E-state index < -0.39 is 29.0 Å². The summed E-state index contributed by atoms with van der Waals surface area (Å²) in [6, 6.07) is 3.02. The monoisotopic (exact) mass is 437 g/mol. The molecule has 0 saturated carbocycles. The number of alkyl halides is 3. The zero-order chi connectivity index (χ0) is 22.6. The summed E-state index contributed by atoms with van der Waals surface area (Å²) in [5.41, 5.74) is -2.63. The van der Waals surface area contributed by atoms with Gasteiger partial charge in [0.2, 0.25) is 0 Å². The van der Waals surface area contributed by atoms with Gasteiger partial charge in [0, 0.05) is 44.6 Å². The van der Waals surface area contributed by atoms with Crippen LogP contribution in [0.15, 0.2) is 29.5 Å². The molecule has 9 nitrogen and oxygen atoms in total.